The fraction of sp³-hybridized carbons (Fsp3) is 0.333. The average Bonchev–Trinajstić information content (AvgIpc) is 2.71. The molecule has 0 radical (unpaired) electrons. The molecular formula is C21H24O7. The van der Waals surface area contributed by atoms with Crippen LogP contribution in [-0.4, -0.2) is 39.7 Å². The summed E-state index contributed by atoms with van der Waals surface area (Å²) in [6.07, 6.45) is 0. The Hall–Kier alpha value is -3.22. The molecular weight excluding hydrogens is 364 g/mol. The quantitative estimate of drug-likeness (QED) is 0.479. The van der Waals surface area contributed by atoms with Gasteiger partial charge >= 0.3 is 5.97 Å². The number of methoxy groups -OCH3 is 3. The van der Waals surface area contributed by atoms with E-state index in [1.165, 1.54) is 34.3 Å². The minimum Gasteiger partial charge on any atom is -0.496 e. The van der Waals surface area contributed by atoms with E-state index in [-0.39, 0.29) is 18.0 Å². The number of carbonyl (C=O) groups excluding carboxylic acids is 2. The second kappa shape index (κ2) is 9.64. The lowest BCUT2D eigenvalue weighted by Crippen LogP contribution is -2.09. The molecule has 0 bridgehead atoms. The van der Waals surface area contributed by atoms with Crippen LogP contribution in [0.1, 0.15) is 40.1 Å². The number of ether oxygens (including phenoxy) is 5. The minimum absolute atomic E-state index is 0.0627. The zero-order valence-corrected chi connectivity index (χ0v) is 16.7. The molecule has 2 aromatic rings. The molecule has 0 unspecified atom stereocenters. The molecule has 0 fully saturated rings. The molecule has 0 aromatic heterocycles. The lowest BCUT2D eigenvalue weighted by molar-refractivity contribution is 0.0465. The number of hydrogen-bond donors (Lipinski definition) is 0. The third-order valence-corrected chi connectivity index (χ3v) is 4.05. The van der Waals surface area contributed by atoms with Gasteiger partial charge in [-0.3, -0.25) is 4.79 Å². The molecule has 0 aliphatic heterocycles. The van der Waals surface area contributed by atoms with E-state index < -0.39 is 5.97 Å². The van der Waals surface area contributed by atoms with E-state index in [2.05, 4.69) is 0 Å². The van der Waals surface area contributed by atoms with Crippen LogP contribution in [0.15, 0.2) is 30.3 Å². The first kappa shape index (κ1) is 21.1. The highest BCUT2D eigenvalue weighted by Gasteiger charge is 2.20. The number of esters is 1. The van der Waals surface area contributed by atoms with Crippen LogP contribution < -0.4 is 18.9 Å². The summed E-state index contributed by atoms with van der Waals surface area (Å²) in [7, 11) is 4.41. The molecule has 0 saturated heterocycles. The lowest BCUT2D eigenvalue weighted by atomic mass is 10.1. The van der Waals surface area contributed by atoms with Crippen LogP contribution >= 0.6 is 0 Å². The number of ketones is 1. The van der Waals surface area contributed by atoms with Gasteiger partial charge in [0.1, 0.15) is 23.7 Å². The van der Waals surface area contributed by atoms with Gasteiger partial charge in [-0.1, -0.05) is 0 Å². The molecule has 0 amide bonds. The molecule has 28 heavy (non-hydrogen) atoms. The van der Waals surface area contributed by atoms with Crippen molar-refractivity contribution >= 4 is 11.8 Å². The van der Waals surface area contributed by atoms with Crippen LogP contribution in [0.25, 0.3) is 0 Å². The predicted molar refractivity (Wildman–Crippen MR) is 103 cm³/mol. The second-order valence-corrected chi connectivity index (χ2v) is 5.80. The molecule has 0 aliphatic carbocycles. The Kier molecular flexibility index (Phi) is 7.26. The van der Waals surface area contributed by atoms with Crippen molar-refractivity contribution in [2.45, 2.75) is 20.5 Å². The molecule has 0 saturated carbocycles. The van der Waals surface area contributed by atoms with E-state index in [4.69, 9.17) is 23.7 Å². The van der Waals surface area contributed by atoms with Gasteiger partial charge in [0.25, 0.3) is 0 Å². The summed E-state index contributed by atoms with van der Waals surface area (Å²) in [5.74, 6) is 0.975. The van der Waals surface area contributed by atoms with Crippen molar-refractivity contribution in [3.8, 4) is 23.0 Å². The second-order valence-electron chi connectivity index (χ2n) is 5.80. The van der Waals surface area contributed by atoms with Crippen LogP contribution in [-0.2, 0) is 11.3 Å². The maximum absolute atomic E-state index is 12.6. The maximum atomic E-state index is 12.6. The topological polar surface area (TPSA) is 80.3 Å². The third kappa shape index (κ3) is 4.73. The Morgan fingerprint density at radius 1 is 0.857 bits per heavy atom. The summed E-state index contributed by atoms with van der Waals surface area (Å²) >= 11 is 0. The third-order valence-electron chi connectivity index (χ3n) is 4.05. The zero-order chi connectivity index (χ0) is 20.7. The Morgan fingerprint density at radius 2 is 1.50 bits per heavy atom. The van der Waals surface area contributed by atoms with Crippen LogP contribution in [0, 0.1) is 0 Å². The maximum Gasteiger partial charge on any atom is 0.342 e. The van der Waals surface area contributed by atoms with Crippen LogP contribution in [0.5, 0.6) is 23.0 Å². The van der Waals surface area contributed by atoms with Gasteiger partial charge in [-0.2, -0.15) is 0 Å². The van der Waals surface area contributed by atoms with Crippen LogP contribution in [0.4, 0.5) is 0 Å². The van der Waals surface area contributed by atoms with Gasteiger partial charge in [-0.05, 0) is 32.0 Å². The highest BCUT2D eigenvalue weighted by molar-refractivity contribution is 5.95. The smallest absolute Gasteiger partial charge is 0.342 e. The number of carbonyl (C=O) groups is 2. The fourth-order valence-electron chi connectivity index (χ4n) is 2.62. The predicted octanol–water partition coefficient (Wildman–Crippen LogP) is 3.67. The van der Waals surface area contributed by atoms with Gasteiger partial charge in [0.05, 0.1) is 27.9 Å². The van der Waals surface area contributed by atoms with Crippen molar-refractivity contribution in [2.24, 2.45) is 0 Å². The highest BCUT2D eigenvalue weighted by Crippen LogP contribution is 2.35. The minimum atomic E-state index is -0.603. The standard InChI is InChI=1S/C21H24O7/c1-6-27-17-8-7-14(13(2)22)9-15(17)12-28-21(23)16-10-19(25-4)20(26-5)11-18(16)24-3/h7-11H,6,12H2,1-5H3. The molecule has 150 valence electrons. The molecule has 0 aliphatic rings. The number of Topliss-reactive ketones (excluding diaryl/α,β-unsaturated/α-hetero) is 1. The van der Waals surface area contributed by atoms with Crippen molar-refractivity contribution in [3.63, 3.8) is 0 Å². The number of rotatable bonds is 9. The monoisotopic (exact) mass is 388 g/mol. The molecule has 0 heterocycles. The molecule has 0 N–H and O–H groups in total. The molecule has 7 heteroatoms. The fourth-order valence-corrected chi connectivity index (χ4v) is 2.62. The van der Waals surface area contributed by atoms with Gasteiger partial charge in [0, 0.05) is 23.3 Å². The molecule has 7 nitrogen and oxygen atoms in total. The largest absolute Gasteiger partial charge is 0.496 e. The first-order chi connectivity index (χ1) is 13.4. The summed E-state index contributed by atoms with van der Waals surface area (Å²) in [4.78, 5) is 24.3. The van der Waals surface area contributed by atoms with Gasteiger partial charge < -0.3 is 23.7 Å². The van der Waals surface area contributed by atoms with Crippen molar-refractivity contribution in [2.75, 3.05) is 27.9 Å². The van der Waals surface area contributed by atoms with Crippen molar-refractivity contribution in [1.82, 2.24) is 0 Å². The van der Waals surface area contributed by atoms with E-state index in [0.717, 1.165) is 0 Å². The van der Waals surface area contributed by atoms with E-state index >= 15 is 0 Å². The number of hydrogen-bond acceptors (Lipinski definition) is 7. The van der Waals surface area contributed by atoms with Crippen molar-refractivity contribution < 1.29 is 33.3 Å². The molecule has 2 rings (SSSR count). The first-order valence-corrected chi connectivity index (χ1v) is 8.68. The van der Waals surface area contributed by atoms with Gasteiger partial charge in [-0.15, -0.1) is 0 Å². The van der Waals surface area contributed by atoms with Crippen LogP contribution in [0.2, 0.25) is 0 Å². The highest BCUT2D eigenvalue weighted by atomic mass is 16.5. The molecule has 0 atom stereocenters. The lowest BCUT2D eigenvalue weighted by Gasteiger charge is -2.15. The normalized spacial score (nSPS) is 10.2. The SMILES string of the molecule is CCOc1ccc(C(C)=O)cc1COC(=O)c1cc(OC)c(OC)cc1OC. The average molecular weight is 388 g/mol. The summed E-state index contributed by atoms with van der Waals surface area (Å²) in [6, 6.07) is 8.08. The number of benzene rings is 2. The Morgan fingerprint density at radius 3 is 2.07 bits per heavy atom. The Balaban J connectivity index is 2.29. The van der Waals surface area contributed by atoms with Gasteiger partial charge in [0.2, 0.25) is 0 Å². The summed E-state index contributed by atoms with van der Waals surface area (Å²) in [5.41, 5.74) is 1.31. The Bertz CT molecular complexity index is 858. The van der Waals surface area contributed by atoms with E-state index in [1.54, 1.807) is 24.3 Å². The van der Waals surface area contributed by atoms with Crippen molar-refractivity contribution in [1.29, 1.82) is 0 Å². The Labute approximate surface area is 164 Å². The van der Waals surface area contributed by atoms with Crippen LogP contribution in [0.3, 0.4) is 0 Å². The van der Waals surface area contributed by atoms with Gasteiger partial charge in [0.15, 0.2) is 17.3 Å². The zero-order valence-electron chi connectivity index (χ0n) is 16.7. The van der Waals surface area contributed by atoms with E-state index in [0.29, 0.717) is 40.7 Å². The molecule has 2 aromatic carbocycles. The van der Waals surface area contributed by atoms with E-state index in [9.17, 15) is 9.59 Å². The van der Waals surface area contributed by atoms with Crippen molar-refractivity contribution in [3.05, 3.63) is 47.0 Å². The summed E-state index contributed by atoms with van der Waals surface area (Å²) in [5, 5.41) is 0. The summed E-state index contributed by atoms with van der Waals surface area (Å²) in [6.45, 7) is 3.71. The van der Waals surface area contributed by atoms with Gasteiger partial charge in [-0.25, -0.2) is 4.79 Å². The molecule has 0 spiro atoms. The first-order valence-electron chi connectivity index (χ1n) is 8.68. The summed E-state index contributed by atoms with van der Waals surface area (Å²) < 4.78 is 26.7. The van der Waals surface area contributed by atoms with E-state index in [1.807, 2.05) is 6.92 Å².